The summed E-state index contributed by atoms with van der Waals surface area (Å²) in [6, 6.07) is 7.38. The topological polar surface area (TPSA) is 42.1 Å². The molecule has 1 fully saturated rings. The average Bonchev–Trinajstić information content (AvgIpc) is 2.40. The highest BCUT2D eigenvalue weighted by Gasteiger charge is 2.15. The molecule has 0 unspecified atom stereocenters. The van der Waals surface area contributed by atoms with E-state index in [1.54, 1.807) is 6.07 Å². The third-order valence-electron chi connectivity index (χ3n) is 3.79. The Morgan fingerprint density at radius 2 is 1.95 bits per heavy atom. The largest absolute Gasteiger partial charge is 0.490 e. The zero-order valence-corrected chi connectivity index (χ0v) is 11.2. The van der Waals surface area contributed by atoms with Crippen LogP contribution in [0.4, 0.5) is 0 Å². The molecule has 2 aromatic rings. The number of aromatic nitrogens is 1. The molecule has 1 aromatic carbocycles. The van der Waals surface area contributed by atoms with E-state index in [1.165, 1.54) is 19.3 Å². The molecule has 0 saturated heterocycles. The fraction of sp³-hybridized carbons (Fsp3) is 0.438. The van der Waals surface area contributed by atoms with Crippen molar-refractivity contribution in [2.45, 2.75) is 45.1 Å². The Kier molecular flexibility index (Phi) is 3.28. The predicted molar refractivity (Wildman–Crippen MR) is 76.8 cm³/mol. The highest BCUT2D eigenvalue weighted by atomic mass is 16.5. The van der Waals surface area contributed by atoms with Crippen molar-refractivity contribution in [3.63, 3.8) is 0 Å². The van der Waals surface area contributed by atoms with Crippen molar-refractivity contribution < 1.29 is 4.74 Å². The summed E-state index contributed by atoms with van der Waals surface area (Å²) in [5.41, 5.74) is 1.82. The molecule has 1 aliphatic rings. The lowest BCUT2D eigenvalue weighted by molar-refractivity contribution is 0.155. The van der Waals surface area contributed by atoms with E-state index < -0.39 is 0 Å². The number of nitrogens with one attached hydrogen (secondary N) is 1. The van der Waals surface area contributed by atoms with Gasteiger partial charge in [-0.25, -0.2) is 0 Å². The maximum Gasteiger partial charge on any atom is 0.189 e. The first-order chi connectivity index (χ1) is 9.22. The monoisotopic (exact) mass is 257 g/mol. The van der Waals surface area contributed by atoms with E-state index in [-0.39, 0.29) is 5.43 Å². The Morgan fingerprint density at radius 3 is 2.74 bits per heavy atom. The van der Waals surface area contributed by atoms with Crippen LogP contribution in [0.5, 0.6) is 5.75 Å². The van der Waals surface area contributed by atoms with Gasteiger partial charge in [-0.3, -0.25) is 4.79 Å². The van der Waals surface area contributed by atoms with Crippen LogP contribution >= 0.6 is 0 Å². The smallest absolute Gasteiger partial charge is 0.189 e. The predicted octanol–water partition coefficient (Wildman–Crippen LogP) is 3.55. The van der Waals surface area contributed by atoms with Gasteiger partial charge in [-0.15, -0.1) is 0 Å². The Balaban J connectivity index is 1.90. The molecule has 3 nitrogen and oxygen atoms in total. The number of aryl methyl sites for hydroxylation is 1. The third-order valence-corrected chi connectivity index (χ3v) is 3.79. The van der Waals surface area contributed by atoms with Crippen LogP contribution in [0, 0.1) is 6.92 Å². The van der Waals surface area contributed by atoms with Crippen molar-refractivity contribution in [3.05, 3.63) is 40.2 Å². The first-order valence-electron chi connectivity index (χ1n) is 7.03. The van der Waals surface area contributed by atoms with E-state index in [1.807, 2.05) is 25.1 Å². The Hall–Kier alpha value is -1.77. The van der Waals surface area contributed by atoms with Gasteiger partial charge in [0, 0.05) is 22.7 Å². The van der Waals surface area contributed by atoms with Gasteiger partial charge in [0.15, 0.2) is 5.43 Å². The number of ether oxygens (including phenoxy) is 1. The van der Waals surface area contributed by atoms with Crippen molar-refractivity contribution in [2.24, 2.45) is 0 Å². The van der Waals surface area contributed by atoms with Crippen LogP contribution in [0.2, 0.25) is 0 Å². The second-order valence-electron chi connectivity index (χ2n) is 5.40. The summed E-state index contributed by atoms with van der Waals surface area (Å²) in [7, 11) is 0. The van der Waals surface area contributed by atoms with Crippen LogP contribution in [0.1, 0.15) is 37.8 Å². The summed E-state index contributed by atoms with van der Waals surface area (Å²) in [5.74, 6) is 0.814. The highest BCUT2D eigenvalue weighted by Crippen LogP contribution is 2.24. The SMILES string of the molecule is Cc1cc(=O)c2cc(OC3CCCCC3)ccc2[nH]1. The lowest BCUT2D eigenvalue weighted by atomic mass is 9.98. The second kappa shape index (κ2) is 5.08. The highest BCUT2D eigenvalue weighted by molar-refractivity contribution is 5.80. The Morgan fingerprint density at radius 1 is 1.16 bits per heavy atom. The number of H-pyrrole nitrogens is 1. The molecule has 1 aromatic heterocycles. The van der Waals surface area contributed by atoms with E-state index in [0.29, 0.717) is 11.5 Å². The molecule has 3 heteroatoms. The van der Waals surface area contributed by atoms with E-state index in [9.17, 15) is 4.79 Å². The first-order valence-corrected chi connectivity index (χ1v) is 7.03. The summed E-state index contributed by atoms with van der Waals surface area (Å²) < 4.78 is 6.00. The fourth-order valence-corrected chi connectivity index (χ4v) is 2.81. The molecule has 0 amide bonds. The molecule has 0 spiro atoms. The summed E-state index contributed by atoms with van der Waals surface area (Å²) >= 11 is 0. The molecule has 0 atom stereocenters. The van der Waals surface area contributed by atoms with Gasteiger partial charge in [-0.1, -0.05) is 6.42 Å². The van der Waals surface area contributed by atoms with Crippen molar-refractivity contribution >= 4 is 10.9 Å². The summed E-state index contributed by atoms with van der Waals surface area (Å²) in [6.07, 6.45) is 6.38. The van der Waals surface area contributed by atoms with E-state index in [4.69, 9.17) is 4.74 Å². The molecule has 0 radical (unpaired) electrons. The van der Waals surface area contributed by atoms with Crippen LogP contribution in [-0.4, -0.2) is 11.1 Å². The summed E-state index contributed by atoms with van der Waals surface area (Å²) in [6.45, 7) is 1.90. The van der Waals surface area contributed by atoms with Gasteiger partial charge in [-0.2, -0.15) is 0 Å². The average molecular weight is 257 g/mol. The number of rotatable bonds is 2. The zero-order chi connectivity index (χ0) is 13.2. The third kappa shape index (κ3) is 2.65. The summed E-state index contributed by atoms with van der Waals surface area (Å²) in [5, 5.41) is 0.707. The minimum atomic E-state index is 0.0559. The first kappa shape index (κ1) is 12.3. The van der Waals surface area contributed by atoms with Crippen LogP contribution in [-0.2, 0) is 0 Å². The van der Waals surface area contributed by atoms with Gasteiger partial charge < -0.3 is 9.72 Å². The normalized spacial score (nSPS) is 16.7. The second-order valence-corrected chi connectivity index (χ2v) is 5.40. The van der Waals surface area contributed by atoms with E-state index >= 15 is 0 Å². The Labute approximate surface area is 112 Å². The van der Waals surface area contributed by atoms with Crippen LogP contribution in [0.25, 0.3) is 10.9 Å². The molecule has 100 valence electrons. The summed E-state index contributed by atoms with van der Waals surface area (Å²) in [4.78, 5) is 15.2. The van der Waals surface area contributed by atoms with Gasteiger partial charge >= 0.3 is 0 Å². The molecule has 1 N–H and O–H groups in total. The molecule has 19 heavy (non-hydrogen) atoms. The van der Waals surface area contributed by atoms with Gasteiger partial charge in [0.25, 0.3) is 0 Å². The van der Waals surface area contributed by atoms with E-state index in [2.05, 4.69) is 4.98 Å². The molecule has 1 heterocycles. The number of pyridine rings is 1. The molecular formula is C16H19NO2. The van der Waals surface area contributed by atoms with Crippen molar-refractivity contribution in [1.29, 1.82) is 0 Å². The van der Waals surface area contributed by atoms with Crippen molar-refractivity contribution in [2.75, 3.05) is 0 Å². The number of fused-ring (bicyclic) bond motifs is 1. The lowest BCUT2D eigenvalue weighted by Crippen LogP contribution is -2.19. The minimum Gasteiger partial charge on any atom is -0.490 e. The zero-order valence-electron chi connectivity index (χ0n) is 11.2. The van der Waals surface area contributed by atoms with Crippen molar-refractivity contribution in [3.8, 4) is 5.75 Å². The number of hydrogen-bond donors (Lipinski definition) is 1. The van der Waals surface area contributed by atoms with Gasteiger partial charge in [-0.05, 0) is 50.8 Å². The van der Waals surface area contributed by atoms with Crippen LogP contribution in [0.3, 0.4) is 0 Å². The van der Waals surface area contributed by atoms with Gasteiger partial charge in [0.2, 0.25) is 0 Å². The molecule has 3 rings (SSSR count). The molecule has 0 bridgehead atoms. The minimum absolute atomic E-state index is 0.0559. The molecule has 0 aliphatic heterocycles. The Bertz CT molecular complexity index is 639. The van der Waals surface area contributed by atoms with E-state index in [0.717, 1.165) is 29.8 Å². The van der Waals surface area contributed by atoms with Crippen LogP contribution < -0.4 is 10.2 Å². The fourth-order valence-electron chi connectivity index (χ4n) is 2.81. The lowest BCUT2D eigenvalue weighted by Gasteiger charge is -2.23. The number of aromatic amines is 1. The molecule has 1 aliphatic carbocycles. The van der Waals surface area contributed by atoms with Gasteiger partial charge in [0.05, 0.1) is 6.10 Å². The molecular weight excluding hydrogens is 238 g/mol. The number of hydrogen-bond acceptors (Lipinski definition) is 2. The maximum atomic E-state index is 12.0. The van der Waals surface area contributed by atoms with Crippen LogP contribution in [0.15, 0.2) is 29.1 Å². The van der Waals surface area contributed by atoms with Gasteiger partial charge in [0.1, 0.15) is 5.75 Å². The standard InChI is InChI=1S/C16H19NO2/c1-11-9-16(18)14-10-13(7-8-15(14)17-11)19-12-5-3-2-4-6-12/h7-10,12H,2-6H2,1H3,(H,17,18). The number of benzene rings is 1. The quantitative estimate of drug-likeness (QED) is 0.894. The molecule has 1 saturated carbocycles. The van der Waals surface area contributed by atoms with Crippen molar-refractivity contribution in [1.82, 2.24) is 4.98 Å². The maximum absolute atomic E-state index is 12.0.